The molecule has 106 valence electrons. The van der Waals surface area contributed by atoms with Crippen LogP contribution >= 0.6 is 0 Å². The zero-order valence-corrected chi connectivity index (χ0v) is 12.5. The lowest BCUT2D eigenvalue weighted by Crippen LogP contribution is -2.22. The van der Waals surface area contributed by atoms with Crippen LogP contribution in [0.4, 0.5) is 0 Å². The molecule has 1 aliphatic heterocycles. The van der Waals surface area contributed by atoms with Crippen molar-refractivity contribution in [2.45, 2.75) is 39.5 Å². The quantitative estimate of drug-likeness (QED) is 0.786. The Morgan fingerprint density at radius 2 is 2.16 bits per heavy atom. The smallest absolute Gasteiger partial charge is 0.127 e. The van der Waals surface area contributed by atoms with Crippen molar-refractivity contribution in [2.24, 2.45) is 0 Å². The predicted octanol–water partition coefficient (Wildman–Crippen LogP) is 2.14. The summed E-state index contributed by atoms with van der Waals surface area (Å²) in [5, 5.41) is 0. The lowest BCUT2D eigenvalue weighted by Gasteiger charge is -2.16. The van der Waals surface area contributed by atoms with Crippen LogP contribution in [0.25, 0.3) is 0 Å². The Hall–Kier alpha value is -1.13. The third-order valence-corrected chi connectivity index (χ3v) is 3.30. The zero-order valence-electron chi connectivity index (χ0n) is 12.5. The molecule has 0 N–H and O–H groups in total. The van der Waals surface area contributed by atoms with E-state index >= 15 is 0 Å². The van der Waals surface area contributed by atoms with Crippen molar-refractivity contribution in [1.82, 2.24) is 14.8 Å². The maximum Gasteiger partial charge on any atom is 0.127 e. The molecule has 0 spiro atoms. The summed E-state index contributed by atoms with van der Waals surface area (Å²) in [6.45, 7) is 8.31. The van der Waals surface area contributed by atoms with E-state index in [9.17, 15) is 0 Å². The Bertz CT molecular complexity index is 418. The van der Waals surface area contributed by atoms with Gasteiger partial charge >= 0.3 is 0 Å². The van der Waals surface area contributed by atoms with Crippen molar-refractivity contribution in [2.75, 3.05) is 27.2 Å². The number of pyridine rings is 1. The molecule has 0 aliphatic carbocycles. The fraction of sp³-hybridized carbons (Fsp3) is 0.667. The fourth-order valence-electron chi connectivity index (χ4n) is 2.45. The summed E-state index contributed by atoms with van der Waals surface area (Å²) in [6.07, 6.45) is 3.27. The van der Waals surface area contributed by atoms with Gasteiger partial charge in [-0.3, -0.25) is 9.88 Å². The van der Waals surface area contributed by atoms with Crippen LogP contribution in [-0.4, -0.2) is 48.1 Å². The van der Waals surface area contributed by atoms with Gasteiger partial charge in [-0.05, 0) is 47.0 Å². The maximum absolute atomic E-state index is 5.87. The zero-order chi connectivity index (χ0) is 13.8. The van der Waals surface area contributed by atoms with Crippen molar-refractivity contribution in [3.05, 3.63) is 23.5 Å². The van der Waals surface area contributed by atoms with E-state index in [4.69, 9.17) is 4.74 Å². The van der Waals surface area contributed by atoms with Crippen molar-refractivity contribution < 1.29 is 4.74 Å². The maximum atomic E-state index is 5.87. The molecule has 4 nitrogen and oxygen atoms in total. The van der Waals surface area contributed by atoms with Crippen molar-refractivity contribution in [3.63, 3.8) is 0 Å². The van der Waals surface area contributed by atoms with E-state index in [0.717, 1.165) is 31.9 Å². The Morgan fingerprint density at radius 1 is 1.37 bits per heavy atom. The van der Waals surface area contributed by atoms with Gasteiger partial charge in [0.15, 0.2) is 0 Å². The molecule has 2 heterocycles. The van der Waals surface area contributed by atoms with Gasteiger partial charge in [-0.15, -0.1) is 0 Å². The molecule has 2 rings (SSSR count). The molecule has 0 unspecified atom stereocenters. The summed E-state index contributed by atoms with van der Waals surface area (Å²) in [4.78, 5) is 9.17. The topological polar surface area (TPSA) is 28.6 Å². The second-order valence-electron chi connectivity index (χ2n) is 5.77. The molecule has 0 bridgehead atoms. The molecule has 0 saturated heterocycles. The minimum atomic E-state index is 0.217. The van der Waals surface area contributed by atoms with Crippen LogP contribution in [0.15, 0.2) is 12.3 Å². The van der Waals surface area contributed by atoms with Gasteiger partial charge < -0.3 is 9.64 Å². The predicted molar refractivity (Wildman–Crippen MR) is 77.3 cm³/mol. The second-order valence-corrected chi connectivity index (χ2v) is 5.77. The summed E-state index contributed by atoms with van der Waals surface area (Å²) >= 11 is 0. The van der Waals surface area contributed by atoms with Crippen LogP contribution in [0.2, 0.25) is 0 Å². The third-order valence-electron chi connectivity index (χ3n) is 3.30. The van der Waals surface area contributed by atoms with E-state index in [0.29, 0.717) is 0 Å². The number of fused-ring (bicyclic) bond motifs is 1. The fourth-order valence-corrected chi connectivity index (χ4v) is 2.45. The standard InChI is InChI=1S/C15H25N3O/c1-12(2)19-15-6-7-16-14-11-18(10-13(14)15)9-5-8-17(3)4/h6-7,12H,5,8-11H2,1-4H3. The van der Waals surface area contributed by atoms with Gasteiger partial charge in [0.25, 0.3) is 0 Å². The molecule has 0 fully saturated rings. The molecular formula is C15H25N3O. The van der Waals surface area contributed by atoms with E-state index in [1.165, 1.54) is 17.7 Å². The molecular weight excluding hydrogens is 238 g/mol. The highest BCUT2D eigenvalue weighted by molar-refractivity contribution is 5.38. The first-order valence-electron chi connectivity index (χ1n) is 7.06. The number of ether oxygens (including phenoxy) is 1. The molecule has 4 heteroatoms. The number of aromatic nitrogens is 1. The molecule has 1 aromatic heterocycles. The molecule has 0 saturated carbocycles. The highest BCUT2D eigenvalue weighted by atomic mass is 16.5. The summed E-state index contributed by atoms with van der Waals surface area (Å²) in [5.74, 6) is 1.01. The van der Waals surface area contributed by atoms with E-state index in [2.05, 4.69) is 42.7 Å². The van der Waals surface area contributed by atoms with Crippen molar-refractivity contribution in [1.29, 1.82) is 0 Å². The summed E-state index contributed by atoms with van der Waals surface area (Å²) in [5.41, 5.74) is 2.46. The Morgan fingerprint density at radius 3 is 2.84 bits per heavy atom. The minimum Gasteiger partial charge on any atom is -0.491 e. The molecule has 0 aromatic carbocycles. The van der Waals surface area contributed by atoms with Crippen LogP contribution in [0.3, 0.4) is 0 Å². The van der Waals surface area contributed by atoms with Gasteiger partial charge in [0.05, 0.1) is 11.8 Å². The van der Waals surface area contributed by atoms with Crippen molar-refractivity contribution >= 4 is 0 Å². The summed E-state index contributed by atoms with van der Waals surface area (Å²) in [6, 6.07) is 1.99. The Labute approximate surface area is 116 Å². The van der Waals surface area contributed by atoms with Crippen LogP contribution in [0, 0.1) is 0 Å². The summed E-state index contributed by atoms with van der Waals surface area (Å²) in [7, 11) is 4.24. The highest BCUT2D eigenvalue weighted by Crippen LogP contribution is 2.29. The van der Waals surface area contributed by atoms with E-state index in [1.807, 2.05) is 12.3 Å². The highest BCUT2D eigenvalue weighted by Gasteiger charge is 2.23. The lowest BCUT2D eigenvalue weighted by molar-refractivity contribution is 0.232. The van der Waals surface area contributed by atoms with E-state index < -0.39 is 0 Å². The Balaban J connectivity index is 1.95. The van der Waals surface area contributed by atoms with Gasteiger partial charge in [0.2, 0.25) is 0 Å². The van der Waals surface area contributed by atoms with Gasteiger partial charge in [-0.25, -0.2) is 0 Å². The van der Waals surface area contributed by atoms with Crippen LogP contribution in [0.5, 0.6) is 5.75 Å². The number of hydrogen-bond acceptors (Lipinski definition) is 4. The first-order chi connectivity index (χ1) is 9.06. The molecule has 0 radical (unpaired) electrons. The SMILES string of the molecule is CC(C)Oc1ccnc2c1CN(CCCN(C)C)C2. The third kappa shape index (κ3) is 3.91. The molecule has 0 atom stereocenters. The van der Waals surface area contributed by atoms with Crippen LogP contribution < -0.4 is 4.74 Å². The Kier molecular flexibility index (Phi) is 4.77. The van der Waals surface area contributed by atoms with E-state index in [-0.39, 0.29) is 6.10 Å². The molecule has 19 heavy (non-hydrogen) atoms. The number of rotatable bonds is 6. The first kappa shape index (κ1) is 14.3. The van der Waals surface area contributed by atoms with Gasteiger partial charge in [-0.1, -0.05) is 0 Å². The summed E-state index contributed by atoms with van der Waals surface area (Å²) < 4.78 is 5.87. The second kappa shape index (κ2) is 6.35. The van der Waals surface area contributed by atoms with E-state index in [1.54, 1.807) is 0 Å². The van der Waals surface area contributed by atoms with Crippen LogP contribution in [-0.2, 0) is 13.1 Å². The van der Waals surface area contributed by atoms with Crippen molar-refractivity contribution in [3.8, 4) is 5.75 Å². The minimum absolute atomic E-state index is 0.217. The van der Waals surface area contributed by atoms with Gasteiger partial charge in [0, 0.05) is 31.4 Å². The first-order valence-corrected chi connectivity index (χ1v) is 7.06. The number of hydrogen-bond donors (Lipinski definition) is 0. The average Bonchev–Trinajstić information content (AvgIpc) is 2.71. The largest absolute Gasteiger partial charge is 0.491 e. The molecule has 1 aromatic rings. The van der Waals surface area contributed by atoms with Crippen LogP contribution in [0.1, 0.15) is 31.5 Å². The normalized spacial score (nSPS) is 15.3. The number of nitrogens with zero attached hydrogens (tertiary/aromatic N) is 3. The van der Waals surface area contributed by atoms with Gasteiger partial charge in [0.1, 0.15) is 5.75 Å². The molecule has 0 amide bonds. The van der Waals surface area contributed by atoms with Gasteiger partial charge in [-0.2, -0.15) is 0 Å². The lowest BCUT2D eigenvalue weighted by atomic mass is 10.2. The average molecular weight is 263 g/mol. The monoisotopic (exact) mass is 263 g/mol. The molecule has 1 aliphatic rings.